The molecule has 3 rings (SSSR count). The molecule has 1 aliphatic heterocycles. The van der Waals surface area contributed by atoms with Gasteiger partial charge >= 0.3 is 6.18 Å². The smallest absolute Gasteiger partial charge is 0.393 e. The van der Waals surface area contributed by atoms with Crippen LogP contribution in [0, 0.1) is 0 Å². The summed E-state index contributed by atoms with van der Waals surface area (Å²) in [5.41, 5.74) is 1.76. The van der Waals surface area contributed by atoms with E-state index in [0.717, 1.165) is 48.6 Å². The van der Waals surface area contributed by atoms with Crippen molar-refractivity contribution in [2.45, 2.75) is 31.4 Å². The van der Waals surface area contributed by atoms with Gasteiger partial charge in [0.05, 0.1) is 13.0 Å². The molecule has 150 valence electrons. The summed E-state index contributed by atoms with van der Waals surface area (Å²) in [4.78, 5) is 10.9. The molecule has 0 unspecified atom stereocenters. The number of rotatable bonds is 6. The quantitative estimate of drug-likeness (QED) is 0.737. The summed E-state index contributed by atoms with van der Waals surface area (Å²) in [5.74, 6) is 0.351. The molecule has 2 aromatic rings. The predicted octanol–water partition coefficient (Wildman–Crippen LogP) is 3.98. The lowest BCUT2D eigenvalue weighted by molar-refractivity contribution is -0.126. The standard InChI is InChI=1S/C17H21F3N4OS.ClH/c18-17(19,20)10-14-11-22-16(26-14)23-13-1-4-21-15(9-13)12-2-5-24(6-3-12)7-8-25;/h1,4,9,11-12,25H,2-3,5-8,10H2,(H,21,22,23);1H. The zero-order valence-electron chi connectivity index (χ0n) is 14.6. The third-order valence-electron chi connectivity index (χ3n) is 4.38. The topological polar surface area (TPSA) is 61.3 Å². The molecule has 1 saturated heterocycles. The number of anilines is 2. The van der Waals surface area contributed by atoms with E-state index in [0.29, 0.717) is 17.6 Å². The SMILES string of the molecule is Cl.OCCN1CCC(c2cc(Nc3ncc(CC(F)(F)F)s3)ccn2)CC1. The molecule has 27 heavy (non-hydrogen) atoms. The minimum absolute atomic E-state index is 0. The molecule has 2 aromatic heterocycles. The van der Waals surface area contributed by atoms with Gasteiger partial charge in [0.2, 0.25) is 0 Å². The maximum Gasteiger partial charge on any atom is 0.393 e. The highest BCUT2D eigenvalue weighted by Gasteiger charge is 2.28. The van der Waals surface area contributed by atoms with Crippen molar-refractivity contribution in [2.24, 2.45) is 0 Å². The molecule has 0 amide bonds. The van der Waals surface area contributed by atoms with E-state index < -0.39 is 12.6 Å². The van der Waals surface area contributed by atoms with Gasteiger partial charge in [0.15, 0.2) is 5.13 Å². The molecule has 0 radical (unpaired) electrons. The molecule has 10 heteroatoms. The highest BCUT2D eigenvalue weighted by molar-refractivity contribution is 7.15. The van der Waals surface area contributed by atoms with E-state index in [-0.39, 0.29) is 23.9 Å². The first-order valence-corrected chi connectivity index (χ1v) is 9.32. The van der Waals surface area contributed by atoms with Crippen LogP contribution in [0.4, 0.5) is 24.0 Å². The van der Waals surface area contributed by atoms with Crippen molar-refractivity contribution in [3.63, 3.8) is 0 Å². The maximum atomic E-state index is 12.4. The van der Waals surface area contributed by atoms with Crippen LogP contribution < -0.4 is 5.32 Å². The average Bonchev–Trinajstić information content (AvgIpc) is 3.01. The normalized spacial score (nSPS) is 16.1. The van der Waals surface area contributed by atoms with E-state index in [1.165, 1.54) is 6.20 Å². The number of halogens is 4. The first-order valence-electron chi connectivity index (χ1n) is 8.50. The lowest BCUT2D eigenvalue weighted by Gasteiger charge is -2.31. The molecule has 1 fully saturated rings. The van der Waals surface area contributed by atoms with Crippen LogP contribution in [-0.4, -0.2) is 52.4 Å². The minimum atomic E-state index is -4.22. The van der Waals surface area contributed by atoms with E-state index in [2.05, 4.69) is 20.2 Å². The fourth-order valence-electron chi connectivity index (χ4n) is 3.11. The van der Waals surface area contributed by atoms with Gasteiger partial charge in [-0.3, -0.25) is 4.98 Å². The predicted molar refractivity (Wildman–Crippen MR) is 102 cm³/mol. The summed E-state index contributed by atoms with van der Waals surface area (Å²) >= 11 is 1.01. The summed E-state index contributed by atoms with van der Waals surface area (Å²) in [6.07, 6.45) is -0.257. The Labute approximate surface area is 166 Å². The third-order valence-corrected chi connectivity index (χ3v) is 5.30. The number of hydrogen-bond acceptors (Lipinski definition) is 6. The Morgan fingerprint density at radius 1 is 1.26 bits per heavy atom. The van der Waals surface area contributed by atoms with Gasteiger partial charge in [-0.15, -0.1) is 23.7 Å². The molecule has 1 aliphatic rings. The monoisotopic (exact) mass is 422 g/mol. The molecule has 3 heterocycles. The van der Waals surface area contributed by atoms with Gasteiger partial charge in [0.25, 0.3) is 0 Å². The minimum Gasteiger partial charge on any atom is -0.395 e. The fourth-order valence-corrected chi connectivity index (χ4v) is 3.98. The number of thiazole rings is 1. The van der Waals surface area contributed by atoms with E-state index in [1.54, 1.807) is 12.3 Å². The zero-order chi connectivity index (χ0) is 18.6. The number of piperidine rings is 1. The number of aliphatic hydroxyl groups is 1. The lowest BCUT2D eigenvalue weighted by atomic mass is 9.93. The Hall–Kier alpha value is -1.42. The first-order chi connectivity index (χ1) is 12.4. The Morgan fingerprint density at radius 2 is 2.00 bits per heavy atom. The van der Waals surface area contributed by atoms with Gasteiger partial charge < -0.3 is 15.3 Å². The summed E-state index contributed by atoms with van der Waals surface area (Å²) < 4.78 is 37.3. The molecule has 0 aliphatic carbocycles. The largest absolute Gasteiger partial charge is 0.395 e. The number of aliphatic hydroxyl groups excluding tert-OH is 1. The highest BCUT2D eigenvalue weighted by Crippen LogP contribution is 2.31. The molecule has 0 aromatic carbocycles. The van der Waals surface area contributed by atoms with Crippen LogP contribution in [-0.2, 0) is 6.42 Å². The second-order valence-electron chi connectivity index (χ2n) is 6.36. The van der Waals surface area contributed by atoms with Gasteiger partial charge in [-0.05, 0) is 38.1 Å². The van der Waals surface area contributed by atoms with Crippen LogP contribution in [0.2, 0.25) is 0 Å². The molecule has 2 N–H and O–H groups in total. The Kier molecular flexibility index (Phi) is 7.84. The molecule has 0 spiro atoms. The maximum absolute atomic E-state index is 12.4. The fraction of sp³-hybridized carbons (Fsp3) is 0.529. The van der Waals surface area contributed by atoms with Crippen molar-refractivity contribution in [3.05, 3.63) is 35.1 Å². The average molecular weight is 423 g/mol. The number of alkyl halides is 3. The number of hydrogen-bond donors (Lipinski definition) is 2. The van der Waals surface area contributed by atoms with Crippen molar-refractivity contribution in [2.75, 3.05) is 31.6 Å². The van der Waals surface area contributed by atoms with Crippen LogP contribution in [0.5, 0.6) is 0 Å². The molecule has 0 saturated carbocycles. The van der Waals surface area contributed by atoms with E-state index in [4.69, 9.17) is 5.11 Å². The van der Waals surface area contributed by atoms with Crippen molar-refractivity contribution in [1.82, 2.24) is 14.9 Å². The Balaban J connectivity index is 0.00000261. The Morgan fingerprint density at radius 3 is 2.67 bits per heavy atom. The molecular formula is C17H22ClF3N4OS. The summed E-state index contributed by atoms with van der Waals surface area (Å²) in [7, 11) is 0. The second-order valence-corrected chi connectivity index (χ2v) is 7.47. The number of aromatic nitrogens is 2. The molecule has 0 atom stereocenters. The summed E-state index contributed by atoms with van der Waals surface area (Å²) in [5, 5.41) is 12.5. The van der Waals surface area contributed by atoms with Gasteiger partial charge in [-0.25, -0.2) is 4.98 Å². The van der Waals surface area contributed by atoms with E-state index in [9.17, 15) is 13.2 Å². The van der Waals surface area contributed by atoms with Crippen molar-refractivity contribution in [1.29, 1.82) is 0 Å². The third kappa shape index (κ3) is 6.60. The van der Waals surface area contributed by atoms with Crippen molar-refractivity contribution < 1.29 is 18.3 Å². The number of likely N-dealkylation sites (tertiary alicyclic amines) is 1. The van der Waals surface area contributed by atoms with E-state index >= 15 is 0 Å². The number of nitrogens with zero attached hydrogens (tertiary/aromatic N) is 3. The van der Waals surface area contributed by atoms with Crippen molar-refractivity contribution in [3.8, 4) is 0 Å². The van der Waals surface area contributed by atoms with Gasteiger partial charge in [0.1, 0.15) is 0 Å². The van der Waals surface area contributed by atoms with Gasteiger partial charge in [-0.1, -0.05) is 0 Å². The number of β-amino-alcohol motifs (C(OH)–C–C–N with tert-alkyl or cyclic N) is 1. The van der Waals surface area contributed by atoms with Crippen LogP contribution in [0.25, 0.3) is 0 Å². The summed E-state index contributed by atoms with van der Waals surface area (Å²) in [6, 6.07) is 3.73. The zero-order valence-corrected chi connectivity index (χ0v) is 16.2. The van der Waals surface area contributed by atoms with Crippen LogP contribution in [0.1, 0.15) is 29.3 Å². The van der Waals surface area contributed by atoms with Crippen LogP contribution in [0.3, 0.4) is 0 Å². The van der Waals surface area contributed by atoms with Crippen molar-refractivity contribution >= 4 is 34.6 Å². The van der Waals surface area contributed by atoms with Crippen LogP contribution >= 0.6 is 23.7 Å². The van der Waals surface area contributed by atoms with Crippen LogP contribution in [0.15, 0.2) is 24.5 Å². The van der Waals surface area contributed by atoms with Gasteiger partial charge in [-0.2, -0.15) is 13.2 Å². The molecule has 0 bridgehead atoms. The number of nitrogens with one attached hydrogen (secondary N) is 1. The molecule has 5 nitrogen and oxygen atoms in total. The Bertz CT molecular complexity index is 720. The summed E-state index contributed by atoms with van der Waals surface area (Å²) in [6.45, 7) is 2.73. The highest BCUT2D eigenvalue weighted by atomic mass is 35.5. The van der Waals surface area contributed by atoms with Gasteiger partial charge in [0, 0.05) is 41.1 Å². The lowest BCUT2D eigenvalue weighted by Crippen LogP contribution is -2.35. The number of pyridine rings is 1. The first kappa shape index (κ1) is 21.9. The van der Waals surface area contributed by atoms with E-state index in [1.807, 2.05) is 6.07 Å². The molecular weight excluding hydrogens is 401 g/mol. The second kappa shape index (κ2) is 9.68.